The third-order valence-electron chi connectivity index (χ3n) is 3.23. The third-order valence-corrected chi connectivity index (χ3v) is 4.67. The molecule has 0 atom stereocenters. The molecule has 1 aliphatic rings. The molecule has 20 heavy (non-hydrogen) atoms. The Morgan fingerprint density at radius 2 is 1.95 bits per heavy atom. The summed E-state index contributed by atoms with van der Waals surface area (Å²) in [5.74, 6) is 1.22. The predicted octanol–water partition coefficient (Wildman–Crippen LogP) is 1.36. The second-order valence-electron chi connectivity index (χ2n) is 5.07. The molecule has 2 N–H and O–H groups in total. The Balaban J connectivity index is 1.86. The van der Waals surface area contributed by atoms with Crippen LogP contribution in [0, 0.1) is 5.92 Å². The molecule has 0 aromatic heterocycles. The minimum Gasteiger partial charge on any atom is -0.494 e. The molecule has 0 spiro atoms. The maximum absolute atomic E-state index is 12.0. The molecule has 0 unspecified atom stereocenters. The van der Waals surface area contributed by atoms with Crippen LogP contribution in [-0.2, 0) is 10.0 Å². The lowest BCUT2D eigenvalue weighted by Gasteiger charge is -2.08. The van der Waals surface area contributed by atoms with Crippen LogP contribution in [-0.4, -0.2) is 35.2 Å². The smallest absolute Gasteiger partial charge is 0.240 e. The van der Waals surface area contributed by atoms with Crippen molar-refractivity contribution in [3.63, 3.8) is 0 Å². The van der Waals surface area contributed by atoms with Gasteiger partial charge < -0.3 is 10.1 Å². The van der Waals surface area contributed by atoms with Gasteiger partial charge in [0.15, 0.2) is 0 Å². The highest BCUT2D eigenvalue weighted by atomic mass is 32.2. The van der Waals surface area contributed by atoms with Crippen LogP contribution in [0.3, 0.4) is 0 Å². The Bertz CT molecular complexity index is 510. The fourth-order valence-electron chi connectivity index (χ4n) is 1.79. The van der Waals surface area contributed by atoms with E-state index in [2.05, 4.69) is 10.0 Å². The van der Waals surface area contributed by atoms with Crippen LogP contribution in [0.15, 0.2) is 29.2 Å². The molecule has 0 bridgehead atoms. The Morgan fingerprint density at radius 3 is 2.55 bits per heavy atom. The fraction of sp³-hybridized carbons (Fsp3) is 0.571. The minimum absolute atomic E-state index is 0.292. The van der Waals surface area contributed by atoms with Crippen LogP contribution in [0.25, 0.3) is 0 Å². The van der Waals surface area contributed by atoms with Crippen molar-refractivity contribution in [2.24, 2.45) is 5.92 Å². The number of hydrogen-bond donors (Lipinski definition) is 2. The molecule has 5 nitrogen and oxygen atoms in total. The van der Waals surface area contributed by atoms with Crippen molar-refractivity contribution in [3.8, 4) is 5.75 Å². The number of sulfonamides is 1. The summed E-state index contributed by atoms with van der Waals surface area (Å²) in [7, 11) is -1.48. The van der Waals surface area contributed by atoms with Gasteiger partial charge in [0.1, 0.15) is 5.75 Å². The lowest BCUT2D eigenvalue weighted by molar-refractivity contribution is 0.309. The highest BCUT2D eigenvalue weighted by molar-refractivity contribution is 7.89. The van der Waals surface area contributed by atoms with Crippen molar-refractivity contribution in [2.75, 3.05) is 26.7 Å². The molecule has 1 aliphatic carbocycles. The van der Waals surface area contributed by atoms with Crippen molar-refractivity contribution in [1.82, 2.24) is 10.0 Å². The monoisotopic (exact) mass is 298 g/mol. The van der Waals surface area contributed by atoms with E-state index in [0.717, 1.165) is 25.8 Å². The zero-order valence-corrected chi connectivity index (χ0v) is 12.6. The summed E-state index contributed by atoms with van der Waals surface area (Å²) in [5.41, 5.74) is 0. The number of ether oxygens (including phenoxy) is 1. The largest absolute Gasteiger partial charge is 0.494 e. The van der Waals surface area contributed by atoms with Crippen molar-refractivity contribution in [2.45, 2.75) is 24.2 Å². The number of benzene rings is 1. The van der Waals surface area contributed by atoms with E-state index >= 15 is 0 Å². The van der Waals surface area contributed by atoms with E-state index in [1.54, 1.807) is 24.3 Å². The Hall–Kier alpha value is -1.11. The van der Waals surface area contributed by atoms with Crippen LogP contribution in [0.2, 0.25) is 0 Å². The average Bonchev–Trinajstić information content (AvgIpc) is 3.26. The van der Waals surface area contributed by atoms with Gasteiger partial charge in [0, 0.05) is 6.54 Å². The van der Waals surface area contributed by atoms with Crippen molar-refractivity contribution < 1.29 is 13.2 Å². The van der Waals surface area contributed by atoms with Gasteiger partial charge in [-0.25, -0.2) is 13.1 Å². The van der Waals surface area contributed by atoms with E-state index in [1.165, 1.54) is 0 Å². The van der Waals surface area contributed by atoms with Gasteiger partial charge in [-0.05, 0) is 63.0 Å². The summed E-state index contributed by atoms with van der Waals surface area (Å²) in [6.45, 7) is 2.06. The van der Waals surface area contributed by atoms with Crippen LogP contribution in [0.1, 0.15) is 19.3 Å². The van der Waals surface area contributed by atoms with Gasteiger partial charge in [0.25, 0.3) is 0 Å². The van der Waals surface area contributed by atoms with Gasteiger partial charge in [-0.2, -0.15) is 0 Å². The molecule has 6 heteroatoms. The van der Waals surface area contributed by atoms with Crippen molar-refractivity contribution in [3.05, 3.63) is 24.3 Å². The summed E-state index contributed by atoms with van der Waals surface area (Å²) in [6, 6.07) is 6.57. The molecule has 0 heterocycles. The quantitative estimate of drug-likeness (QED) is 0.676. The molecular weight excluding hydrogens is 276 g/mol. The van der Waals surface area contributed by atoms with Gasteiger partial charge in [-0.3, -0.25) is 0 Å². The standard InChI is InChI=1S/C14H22N2O3S/c1-15-9-2-10-19-13-5-7-14(8-6-13)20(17,18)16-11-12-3-4-12/h5-8,12,15-16H,2-4,9-11H2,1H3. The highest BCUT2D eigenvalue weighted by Crippen LogP contribution is 2.28. The first-order valence-corrected chi connectivity index (χ1v) is 8.47. The Labute approximate surface area is 120 Å². The number of rotatable bonds is 9. The summed E-state index contributed by atoms with van der Waals surface area (Å²) < 4.78 is 32.2. The molecule has 1 aromatic carbocycles. The molecule has 1 aromatic rings. The second kappa shape index (κ2) is 7.06. The first-order chi connectivity index (χ1) is 9.62. The molecule has 0 radical (unpaired) electrons. The Morgan fingerprint density at radius 1 is 1.25 bits per heavy atom. The molecule has 112 valence electrons. The second-order valence-corrected chi connectivity index (χ2v) is 6.84. The molecule has 2 rings (SSSR count). The Kier molecular flexibility index (Phi) is 5.39. The van der Waals surface area contributed by atoms with E-state index < -0.39 is 10.0 Å². The van der Waals surface area contributed by atoms with Crippen LogP contribution in [0.4, 0.5) is 0 Å². The maximum atomic E-state index is 12.0. The predicted molar refractivity (Wildman–Crippen MR) is 78.4 cm³/mol. The van der Waals surface area contributed by atoms with Gasteiger partial charge in [-0.1, -0.05) is 0 Å². The van der Waals surface area contributed by atoms with Crippen molar-refractivity contribution in [1.29, 1.82) is 0 Å². The first-order valence-electron chi connectivity index (χ1n) is 6.99. The van der Waals surface area contributed by atoms with Gasteiger partial charge in [0.2, 0.25) is 10.0 Å². The summed E-state index contributed by atoms with van der Waals surface area (Å²) in [6.07, 6.45) is 3.17. The van der Waals surface area contributed by atoms with E-state index in [4.69, 9.17) is 4.74 Å². The highest BCUT2D eigenvalue weighted by Gasteiger charge is 2.24. The van der Waals surface area contributed by atoms with Gasteiger partial charge in [-0.15, -0.1) is 0 Å². The van der Waals surface area contributed by atoms with E-state index in [0.29, 0.717) is 29.7 Å². The maximum Gasteiger partial charge on any atom is 0.240 e. The normalized spacial score (nSPS) is 15.2. The van der Waals surface area contributed by atoms with E-state index in [1.807, 2.05) is 7.05 Å². The van der Waals surface area contributed by atoms with Crippen LogP contribution < -0.4 is 14.8 Å². The average molecular weight is 298 g/mol. The molecule has 0 aliphatic heterocycles. The lowest BCUT2D eigenvalue weighted by Crippen LogP contribution is -2.25. The topological polar surface area (TPSA) is 67.4 Å². The lowest BCUT2D eigenvalue weighted by atomic mass is 10.3. The van der Waals surface area contributed by atoms with Gasteiger partial charge in [0.05, 0.1) is 11.5 Å². The fourth-order valence-corrected chi connectivity index (χ4v) is 2.90. The molecule has 1 fully saturated rings. The molecule has 1 saturated carbocycles. The third kappa shape index (κ3) is 4.77. The number of nitrogens with one attached hydrogen (secondary N) is 2. The molecule has 0 saturated heterocycles. The first kappa shape index (κ1) is 15.3. The van der Waals surface area contributed by atoms with Crippen molar-refractivity contribution >= 4 is 10.0 Å². The summed E-state index contributed by atoms with van der Waals surface area (Å²) >= 11 is 0. The van der Waals surface area contributed by atoms with Crippen LogP contribution >= 0.6 is 0 Å². The number of hydrogen-bond acceptors (Lipinski definition) is 4. The van der Waals surface area contributed by atoms with Gasteiger partial charge >= 0.3 is 0 Å². The summed E-state index contributed by atoms with van der Waals surface area (Å²) in [5, 5.41) is 3.04. The summed E-state index contributed by atoms with van der Waals surface area (Å²) in [4.78, 5) is 0.292. The van der Waals surface area contributed by atoms with E-state index in [-0.39, 0.29) is 0 Å². The minimum atomic E-state index is -3.38. The molecule has 0 amide bonds. The SMILES string of the molecule is CNCCCOc1ccc(S(=O)(=O)NCC2CC2)cc1. The van der Waals surface area contributed by atoms with E-state index in [9.17, 15) is 8.42 Å². The zero-order valence-electron chi connectivity index (χ0n) is 11.8. The molecular formula is C14H22N2O3S. The zero-order chi connectivity index (χ0) is 14.4. The van der Waals surface area contributed by atoms with Crippen LogP contribution in [0.5, 0.6) is 5.75 Å².